The second-order valence-electron chi connectivity index (χ2n) is 4.30. The second-order valence-corrected chi connectivity index (χ2v) is 4.30. The summed E-state index contributed by atoms with van der Waals surface area (Å²) in [7, 11) is 0. The molecule has 0 radical (unpaired) electrons. The average molecular weight is 261 g/mol. The number of nitrogens with zero attached hydrogens (tertiary/aromatic N) is 3. The molecule has 0 spiro atoms. The minimum Gasteiger partial charge on any atom is -0.399 e. The molecule has 96 valence electrons. The third-order valence-electron chi connectivity index (χ3n) is 2.88. The molecule has 0 unspecified atom stereocenters. The summed E-state index contributed by atoms with van der Waals surface area (Å²) in [6.07, 6.45) is 3.43. The van der Waals surface area contributed by atoms with Crippen molar-refractivity contribution < 1.29 is 0 Å². The minimum absolute atomic E-state index is 0.452. The van der Waals surface area contributed by atoms with Crippen LogP contribution in [-0.4, -0.2) is 15.0 Å². The van der Waals surface area contributed by atoms with Crippen molar-refractivity contribution in [1.82, 2.24) is 15.0 Å². The van der Waals surface area contributed by atoms with Crippen LogP contribution in [0.2, 0.25) is 0 Å². The lowest BCUT2D eigenvalue weighted by atomic mass is 10.1. The van der Waals surface area contributed by atoms with Crippen molar-refractivity contribution >= 4 is 28.5 Å². The van der Waals surface area contributed by atoms with Crippen molar-refractivity contribution in [2.75, 3.05) is 5.73 Å². The first kappa shape index (κ1) is 11.9. The summed E-state index contributed by atoms with van der Waals surface area (Å²) in [6.45, 7) is 0. The van der Waals surface area contributed by atoms with Crippen LogP contribution in [0.15, 0.2) is 42.6 Å². The van der Waals surface area contributed by atoms with Crippen LogP contribution in [0.3, 0.4) is 0 Å². The van der Waals surface area contributed by atoms with E-state index in [-0.39, 0.29) is 0 Å². The molecule has 5 nitrogen and oxygen atoms in total. The standard InChI is InChI=1S/C15H11N5/c16-9-11(8-10-3-5-12(17)6-4-10)14-19-13-2-1-7-18-15(13)20-14/h1-8H,17H2,(H,18,19,20)/b11-8+. The number of hydrogen-bond acceptors (Lipinski definition) is 4. The van der Waals surface area contributed by atoms with E-state index >= 15 is 0 Å². The Bertz CT molecular complexity index is 788. The van der Waals surface area contributed by atoms with Gasteiger partial charge in [-0.1, -0.05) is 12.1 Å². The smallest absolute Gasteiger partial charge is 0.178 e. The summed E-state index contributed by atoms with van der Waals surface area (Å²) in [6, 6.07) is 13.1. The van der Waals surface area contributed by atoms with E-state index in [1.165, 1.54) is 0 Å². The molecule has 0 aliphatic heterocycles. The van der Waals surface area contributed by atoms with Crippen LogP contribution in [0.5, 0.6) is 0 Å². The Hall–Kier alpha value is -3.13. The lowest BCUT2D eigenvalue weighted by Crippen LogP contribution is -1.86. The number of nitrogens with one attached hydrogen (secondary N) is 1. The molecule has 0 bridgehead atoms. The number of nitrogen functional groups attached to an aromatic ring is 1. The fraction of sp³-hybridized carbons (Fsp3) is 0. The Balaban J connectivity index is 2.05. The Kier molecular flexibility index (Phi) is 2.90. The van der Waals surface area contributed by atoms with Gasteiger partial charge in [-0.2, -0.15) is 5.26 Å². The lowest BCUT2D eigenvalue weighted by Gasteiger charge is -1.96. The maximum Gasteiger partial charge on any atom is 0.178 e. The number of anilines is 1. The number of pyridine rings is 1. The van der Waals surface area contributed by atoms with Crippen molar-refractivity contribution in [2.45, 2.75) is 0 Å². The summed E-state index contributed by atoms with van der Waals surface area (Å²) in [5.41, 5.74) is 9.08. The molecular formula is C15H11N5. The van der Waals surface area contributed by atoms with E-state index in [1.54, 1.807) is 24.4 Å². The van der Waals surface area contributed by atoms with Gasteiger partial charge in [-0.05, 0) is 35.9 Å². The first-order valence-corrected chi connectivity index (χ1v) is 6.05. The minimum atomic E-state index is 0.452. The molecule has 3 aromatic rings. The van der Waals surface area contributed by atoms with Gasteiger partial charge in [-0.25, -0.2) is 9.97 Å². The molecule has 20 heavy (non-hydrogen) atoms. The van der Waals surface area contributed by atoms with Gasteiger partial charge in [0.05, 0.1) is 11.1 Å². The zero-order valence-electron chi connectivity index (χ0n) is 10.5. The fourth-order valence-electron chi connectivity index (χ4n) is 1.89. The number of benzene rings is 1. The van der Waals surface area contributed by atoms with Gasteiger partial charge in [-0.15, -0.1) is 0 Å². The van der Waals surface area contributed by atoms with Crippen LogP contribution < -0.4 is 5.73 Å². The van der Waals surface area contributed by atoms with Gasteiger partial charge in [0, 0.05) is 11.9 Å². The molecule has 3 rings (SSSR count). The summed E-state index contributed by atoms with van der Waals surface area (Å²) in [4.78, 5) is 11.5. The number of nitriles is 1. The first-order chi connectivity index (χ1) is 9.76. The third kappa shape index (κ3) is 2.22. The zero-order chi connectivity index (χ0) is 13.9. The molecule has 0 aliphatic carbocycles. The number of rotatable bonds is 2. The van der Waals surface area contributed by atoms with Crippen molar-refractivity contribution in [3.63, 3.8) is 0 Å². The highest BCUT2D eigenvalue weighted by atomic mass is 15.0. The van der Waals surface area contributed by atoms with Crippen molar-refractivity contribution in [1.29, 1.82) is 5.26 Å². The second kappa shape index (κ2) is 4.86. The predicted octanol–water partition coefficient (Wildman–Crippen LogP) is 2.60. The van der Waals surface area contributed by atoms with Gasteiger partial charge in [-0.3, -0.25) is 0 Å². The number of aromatic nitrogens is 3. The van der Waals surface area contributed by atoms with Crippen LogP contribution >= 0.6 is 0 Å². The number of nitrogens with two attached hydrogens (primary N) is 1. The molecule has 0 aliphatic rings. The first-order valence-electron chi connectivity index (χ1n) is 6.05. The van der Waals surface area contributed by atoms with E-state index in [1.807, 2.05) is 24.3 Å². The largest absolute Gasteiger partial charge is 0.399 e. The van der Waals surface area contributed by atoms with Crippen LogP contribution in [0.1, 0.15) is 11.4 Å². The van der Waals surface area contributed by atoms with E-state index in [0.717, 1.165) is 11.1 Å². The molecule has 0 amide bonds. The zero-order valence-corrected chi connectivity index (χ0v) is 10.5. The molecule has 2 heterocycles. The molecule has 0 saturated carbocycles. The maximum atomic E-state index is 9.30. The number of fused-ring (bicyclic) bond motifs is 1. The number of allylic oxidation sites excluding steroid dienone is 1. The number of imidazole rings is 1. The SMILES string of the molecule is N#C/C(=C\c1ccc(N)cc1)c1nc2ncccc2[nH]1. The van der Waals surface area contributed by atoms with Gasteiger partial charge >= 0.3 is 0 Å². The monoisotopic (exact) mass is 261 g/mol. The van der Waals surface area contributed by atoms with Gasteiger partial charge in [0.15, 0.2) is 11.5 Å². The van der Waals surface area contributed by atoms with Crippen LogP contribution in [0.25, 0.3) is 22.8 Å². The van der Waals surface area contributed by atoms with Crippen LogP contribution in [0.4, 0.5) is 5.69 Å². The normalized spacial score (nSPS) is 11.4. The molecule has 1 aromatic carbocycles. The van der Waals surface area contributed by atoms with Crippen molar-refractivity contribution in [2.24, 2.45) is 0 Å². The Morgan fingerprint density at radius 1 is 1.25 bits per heavy atom. The molecule has 0 fully saturated rings. The number of H-pyrrole nitrogens is 1. The average Bonchev–Trinajstić information content (AvgIpc) is 2.90. The van der Waals surface area contributed by atoms with Gasteiger partial charge in [0.1, 0.15) is 6.07 Å². The quantitative estimate of drug-likeness (QED) is 0.548. The Morgan fingerprint density at radius 2 is 2.05 bits per heavy atom. The maximum absolute atomic E-state index is 9.30. The third-order valence-corrected chi connectivity index (χ3v) is 2.88. The number of aromatic amines is 1. The highest BCUT2D eigenvalue weighted by Crippen LogP contribution is 2.18. The van der Waals surface area contributed by atoms with Crippen LogP contribution in [0, 0.1) is 11.3 Å². The Morgan fingerprint density at radius 3 is 2.75 bits per heavy atom. The summed E-state index contributed by atoms with van der Waals surface area (Å²) < 4.78 is 0. The molecule has 0 atom stereocenters. The summed E-state index contributed by atoms with van der Waals surface area (Å²) in [5, 5.41) is 9.30. The van der Waals surface area contributed by atoms with Gasteiger partial charge < -0.3 is 10.7 Å². The molecule has 2 aromatic heterocycles. The fourth-order valence-corrected chi connectivity index (χ4v) is 1.89. The van der Waals surface area contributed by atoms with Crippen molar-refractivity contribution in [3.05, 3.63) is 54.0 Å². The molecule has 5 heteroatoms. The van der Waals surface area contributed by atoms with E-state index in [0.29, 0.717) is 22.7 Å². The Labute approximate surface area is 115 Å². The highest BCUT2D eigenvalue weighted by Gasteiger charge is 2.08. The van der Waals surface area contributed by atoms with Crippen molar-refractivity contribution in [3.8, 4) is 6.07 Å². The molecule has 3 N–H and O–H groups in total. The van der Waals surface area contributed by atoms with Gasteiger partial charge in [0.25, 0.3) is 0 Å². The summed E-state index contributed by atoms with van der Waals surface area (Å²) in [5.74, 6) is 0.512. The predicted molar refractivity (Wildman–Crippen MR) is 78.2 cm³/mol. The molecular weight excluding hydrogens is 250 g/mol. The van der Waals surface area contributed by atoms with E-state index in [4.69, 9.17) is 5.73 Å². The lowest BCUT2D eigenvalue weighted by molar-refractivity contribution is 1.25. The van der Waals surface area contributed by atoms with E-state index in [9.17, 15) is 5.26 Å². The van der Waals surface area contributed by atoms with E-state index < -0.39 is 0 Å². The van der Waals surface area contributed by atoms with E-state index in [2.05, 4.69) is 21.0 Å². The molecule has 0 saturated heterocycles. The van der Waals surface area contributed by atoms with Crippen LogP contribution in [-0.2, 0) is 0 Å². The summed E-state index contributed by atoms with van der Waals surface area (Å²) >= 11 is 0. The highest BCUT2D eigenvalue weighted by molar-refractivity contribution is 5.89. The number of hydrogen-bond donors (Lipinski definition) is 2. The van der Waals surface area contributed by atoms with Gasteiger partial charge in [0.2, 0.25) is 0 Å². The topological polar surface area (TPSA) is 91.4 Å².